The summed E-state index contributed by atoms with van der Waals surface area (Å²) >= 11 is 33.0. The Kier molecular flexibility index (Phi) is 30.3. The van der Waals surface area contributed by atoms with Crippen molar-refractivity contribution in [2.45, 2.75) is 68.2 Å². The normalized spacial score (nSPS) is 14.0. The highest BCUT2D eigenvalue weighted by atomic mass is 35.5. The lowest BCUT2D eigenvalue weighted by Gasteiger charge is -2.14. The molecule has 0 N–H and O–H groups in total. The van der Waals surface area contributed by atoms with E-state index in [0.29, 0.717) is 74.5 Å². The molecule has 4 aliphatic heterocycles. The molecule has 12 aromatic rings. The minimum atomic E-state index is -3.91. The molecule has 0 saturated carbocycles. The minimum absolute atomic E-state index is 0.0111. The van der Waals surface area contributed by atoms with Gasteiger partial charge in [-0.25, -0.2) is 51.9 Å². The molecule has 0 unspecified atom stereocenters. The average molecular weight is 1980 g/mol. The number of Topliss-reactive ketones (excluding diaryl/α,β-unsaturated/α-hetero) is 4. The van der Waals surface area contributed by atoms with Gasteiger partial charge in [0, 0.05) is 25.7 Å². The molecule has 0 atom stereocenters. The van der Waals surface area contributed by atoms with Crippen LogP contribution in [0.4, 0.5) is 35.9 Å². The molecule has 0 spiro atoms. The van der Waals surface area contributed by atoms with Gasteiger partial charge in [-0.15, -0.1) is 45.3 Å². The Hall–Kier alpha value is -11.2. The van der Waals surface area contributed by atoms with Gasteiger partial charge in [-0.2, -0.15) is 35.4 Å². The topological polar surface area (TPSA) is 336 Å². The van der Waals surface area contributed by atoms with Crippen LogP contribution in [0, 0.1) is 17.5 Å². The standard InChI is InChI=1S/C22H16Cl2N2O4S2.C22H15ClF2N2O4S2.C22H16ClFN2O4S2.C22H17ClN2O4S2/c23-17-11-14(10-16(27)13-32(29,30)22-9-8-20(24)31-22)6-7-19(17)26-21(28)12-18(25-26)15-4-2-1-3-5-15;23-19-6-7-21(32-19)33(30,31)12-15(28)8-13-9-16(24)22(17(25)10-13)27-20(29)11-18(26-27)14-4-2-1-3-5-14;23-20-8-9-22(31-20)32(29,30)13-16(27)10-14-6-7-19(17(24)11-14)26-21(28)12-18(25-26)15-4-2-1-3-5-15;23-20-10-11-22(30-20)31(28,29)14-18(26)12-15-6-8-17(9-7-15)25-21(27)13-19(24-25)16-4-2-1-3-5-16/h1-9,11H,10,12-13H2;1-7,9-10H,8,11-12H2;1-9,11H,10,12-13H2;1-11H,12-14H2. The lowest BCUT2D eigenvalue weighted by molar-refractivity contribution is -0.117. The molecule has 4 amide bonds. The first-order valence-electron chi connectivity index (χ1n) is 37.9. The van der Waals surface area contributed by atoms with Gasteiger partial charge in [0.2, 0.25) is 0 Å². The monoisotopic (exact) mass is 1980 g/mol. The van der Waals surface area contributed by atoms with Crippen molar-refractivity contribution in [3.8, 4) is 0 Å². The van der Waals surface area contributed by atoms with E-state index in [1.54, 1.807) is 72.8 Å². The van der Waals surface area contributed by atoms with E-state index >= 15 is 0 Å². The molecule has 0 fully saturated rings. The number of anilines is 4. The summed E-state index contributed by atoms with van der Waals surface area (Å²) in [7, 11) is -15.2. The number of carbonyl (C=O) groups excluding carboxylic acids is 8. The average Bonchev–Trinajstić information content (AvgIpc) is 1.72. The van der Waals surface area contributed by atoms with Gasteiger partial charge in [0.15, 0.2) is 74.1 Å². The van der Waals surface area contributed by atoms with Crippen molar-refractivity contribution >= 4 is 235 Å². The molecule has 4 aromatic heterocycles. The number of halogens is 8. The highest BCUT2D eigenvalue weighted by Crippen LogP contribution is 2.37. The van der Waals surface area contributed by atoms with Gasteiger partial charge < -0.3 is 0 Å². The predicted octanol–water partition coefficient (Wildman–Crippen LogP) is 17.6. The number of nitrogens with zero attached hydrogens (tertiary/aromatic N) is 8. The number of amides is 4. The van der Waals surface area contributed by atoms with Gasteiger partial charge in [-0.1, -0.05) is 204 Å². The smallest absolute Gasteiger partial charge is 0.253 e. The Morgan fingerprint density at radius 1 is 0.305 bits per heavy atom. The summed E-state index contributed by atoms with van der Waals surface area (Å²) in [6, 6.07) is 65.4. The molecule has 4 aliphatic rings. The van der Waals surface area contributed by atoms with Gasteiger partial charge >= 0.3 is 0 Å². The summed E-state index contributed by atoms with van der Waals surface area (Å²) in [4.78, 5) is 98.9. The maximum atomic E-state index is 14.8. The van der Waals surface area contributed by atoms with Crippen LogP contribution in [-0.2, 0) is 103 Å². The van der Waals surface area contributed by atoms with Gasteiger partial charge in [-0.05, 0) is 142 Å². The Labute approximate surface area is 772 Å². The molecule has 0 aliphatic carbocycles. The van der Waals surface area contributed by atoms with Crippen molar-refractivity contribution in [3.05, 3.63) is 327 Å². The van der Waals surface area contributed by atoms with Crippen LogP contribution in [0.5, 0.6) is 0 Å². The molecule has 24 nitrogen and oxygen atoms in total. The molecule has 656 valence electrons. The predicted molar refractivity (Wildman–Crippen MR) is 491 cm³/mol. The number of rotatable bonds is 28. The number of ketones is 4. The number of hydrogen-bond acceptors (Lipinski definition) is 24. The first kappa shape index (κ1) is 94.5. The number of hydrazone groups is 4. The summed E-state index contributed by atoms with van der Waals surface area (Å²) in [5.74, 6) is -9.17. The Morgan fingerprint density at radius 2 is 0.578 bits per heavy atom. The highest BCUT2D eigenvalue weighted by molar-refractivity contribution is 7.95. The zero-order chi connectivity index (χ0) is 91.5. The maximum absolute atomic E-state index is 14.8. The summed E-state index contributed by atoms with van der Waals surface area (Å²) in [6.45, 7) is 0. The first-order valence-corrected chi connectivity index (χ1v) is 49.6. The number of thiophene rings is 4. The molecule has 0 saturated heterocycles. The minimum Gasteiger partial charge on any atom is -0.298 e. The summed E-state index contributed by atoms with van der Waals surface area (Å²) in [5.41, 5.74) is 7.20. The Bertz CT molecular complexity index is 6760. The lowest BCUT2D eigenvalue weighted by Crippen LogP contribution is -2.22. The van der Waals surface area contributed by atoms with E-state index in [-0.39, 0.29) is 100 Å². The van der Waals surface area contributed by atoms with E-state index < -0.39 is 121 Å². The quantitative estimate of drug-likeness (QED) is 0.0440. The van der Waals surface area contributed by atoms with Crippen molar-refractivity contribution in [1.29, 1.82) is 0 Å². The molecule has 8 heterocycles. The number of carbonyl (C=O) groups is 8. The van der Waals surface area contributed by atoms with Crippen LogP contribution in [-0.4, -0.2) is 126 Å². The molecule has 0 bridgehead atoms. The number of sulfone groups is 4. The number of hydrogen-bond donors (Lipinski definition) is 0. The molecule has 128 heavy (non-hydrogen) atoms. The summed E-state index contributed by atoms with van der Waals surface area (Å²) in [6.07, 6.45) is -0.584. The Balaban J connectivity index is 0.000000146. The maximum Gasteiger partial charge on any atom is 0.253 e. The third-order valence-electron chi connectivity index (χ3n) is 18.9. The highest BCUT2D eigenvalue weighted by Gasteiger charge is 2.35. The van der Waals surface area contributed by atoms with Crippen molar-refractivity contribution in [2.75, 3.05) is 43.0 Å². The van der Waals surface area contributed by atoms with Crippen LogP contribution in [0.3, 0.4) is 0 Å². The second-order valence-corrected chi connectivity index (χ2v) is 44.6. The van der Waals surface area contributed by atoms with Crippen molar-refractivity contribution in [2.24, 2.45) is 20.4 Å². The zero-order valence-electron chi connectivity index (χ0n) is 66.0. The van der Waals surface area contributed by atoms with Gasteiger partial charge in [-0.3, -0.25) is 38.4 Å². The third-order valence-corrected chi connectivity index (χ3v) is 33.2. The van der Waals surface area contributed by atoms with Crippen LogP contribution in [0.1, 0.15) is 70.2 Å². The fourth-order valence-corrected chi connectivity index (χ4v) is 24.6. The van der Waals surface area contributed by atoms with Crippen molar-refractivity contribution in [3.63, 3.8) is 0 Å². The molecule has 0 radical (unpaired) electrons. The second kappa shape index (κ2) is 41.1. The van der Waals surface area contributed by atoms with Crippen LogP contribution in [0.15, 0.2) is 280 Å². The van der Waals surface area contributed by atoms with Crippen LogP contribution in [0.2, 0.25) is 22.4 Å². The molecule has 16 rings (SSSR count). The van der Waals surface area contributed by atoms with E-state index in [0.717, 1.165) is 85.2 Å². The van der Waals surface area contributed by atoms with Crippen LogP contribution in [0.25, 0.3) is 0 Å². The SMILES string of the molecule is O=C(Cc1cc(F)c(N2N=C(c3ccccc3)CC2=O)c(F)c1)CS(=O)(=O)c1ccc(Cl)s1.O=C(Cc1ccc(N2N=C(c3ccccc3)CC2=O)c(Cl)c1)CS(=O)(=O)c1ccc(Cl)s1.O=C(Cc1ccc(N2N=C(c3ccccc3)CC2=O)c(F)c1)CS(=O)(=O)c1ccc(Cl)s1.O=C(Cc1ccc(N2N=C(c3ccccc3)CC2=O)cc1)CS(=O)(=O)c1ccc(Cl)s1. The van der Waals surface area contributed by atoms with Gasteiger partial charge in [0.1, 0.15) is 57.0 Å². The van der Waals surface area contributed by atoms with Crippen molar-refractivity contribution in [1.82, 2.24) is 0 Å². The van der Waals surface area contributed by atoms with Crippen LogP contribution < -0.4 is 20.0 Å². The van der Waals surface area contributed by atoms with E-state index in [4.69, 9.17) is 58.0 Å². The van der Waals surface area contributed by atoms with E-state index in [2.05, 4.69) is 20.4 Å². The van der Waals surface area contributed by atoms with Crippen LogP contribution >= 0.6 is 103 Å². The van der Waals surface area contributed by atoms with E-state index in [1.165, 1.54) is 70.7 Å². The van der Waals surface area contributed by atoms with Crippen molar-refractivity contribution < 1.29 is 85.2 Å². The number of benzene rings is 8. The zero-order valence-corrected chi connectivity index (χ0v) is 76.3. The molecular weight excluding hydrogens is 1920 g/mol. The fourth-order valence-electron chi connectivity index (χ4n) is 13.1. The molecule has 8 aromatic carbocycles. The van der Waals surface area contributed by atoms with Gasteiger partial charge in [0.25, 0.3) is 23.6 Å². The third kappa shape index (κ3) is 24.0. The molecule has 40 heteroatoms. The Morgan fingerprint density at radius 3 is 0.906 bits per heavy atom. The van der Waals surface area contributed by atoms with Gasteiger partial charge in [0.05, 0.1) is 82.3 Å². The second-order valence-electron chi connectivity index (χ2n) is 28.5. The van der Waals surface area contributed by atoms with E-state index in [9.17, 15) is 85.2 Å². The lowest BCUT2D eigenvalue weighted by atomic mass is 10.1. The first-order chi connectivity index (χ1) is 60.9. The summed E-state index contributed by atoms with van der Waals surface area (Å²) < 4.78 is 144. The largest absolute Gasteiger partial charge is 0.298 e. The van der Waals surface area contributed by atoms with E-state index in [1.807, 2.05) is 91.0 Å². The molecular formula is C88H64Cl5F3N8O16S8. The fraction of sp³-hybridized carbons (Fsp3) is 0.136. The summed E-state index contributed by atoms with van der Waals surface area (Å²) in [5, 5.41) is 21.7.